The molecule has 47 heavy (non-hydrogen) atoms. The number of phosphoric acid groups is 1. The van der Waals surface area contributed by atoms with Crippen molar-refractivity contribution in [1.82, 2.24) is 0 Å². The van der Waals surface area contributed by atoms with Crippen LogP contribution >= 0.6 is 7.82 Å². The second-order valence-corrected chi connectivity index (χ2v) is 13.8. The Labute approximate surface area is 287 Å². The van der Waals surface area contributed by atoms with Gasteiger partial charge in [0.15, 0.2) is 6.10 Å². The third-order valence-corrected chi connectivity index (χ3v) is 8.37. The van der Waals surface area contributed by atoms with Crippen LogP contribution in [-0.2, 0) is 28.2 Å². The molecule has 0 aromatic carbocycles. The SMILES string of the molecule is CCCC/C=C/C/C=C/CCCCCCCC(=O)O[C@H](COC(=O)CCCC/C=C/CCCCCCCCCCC)COP(=O)(O)O. The van der Waals surface area contributed by atoms with Crippen LogP contribution in [0.1, 0.15) is 174 Å². The highest BCUT2D eigenvalue weighted by atomic mass is 31.2. The third-order valence-electron chi connectivity index (χ3n) is 7.88. The Hall–Kier alpha value is -1.73. The van der Waals surface area contributed by atoms with Gasteiger partial charge in [-0.2, -0.15) is 0 Å². The largest absolute Gasteiger partial charge is 0.469 e. The minimum atomic E-state index is -4.76. The van der Waals surface area contributed by atoms with Gasteiger partial charge < -0.3 is 19.3 Å². The first-order valence-electron chi connectivity index (χ1n) is 18.8. The standard InChI is InChI=1S/C38H69O8P/c1-3-5-7-9-11-13-15-17-19-21-22-24-26-28-30-32-37(39)44-34-36(35-45-47(41,42)43)46-38(40)33-31-29-27-25-23-20-18-16-14-12-10-8-6-4-2/h10,12,16,18,22,24,36H,3-9,11,13-15,17,19-21,23,25-35H2,1-2H3,(H2,41,42,43)/b12-10+,18-16+,24-22+/t36-/m1/s1. The first-order valence-corrected chi connectivity index (χ1v) is 20.3. The van der Waals surface area contributed by atoms with E-state index in [-0.39, 0.29) is 19.4 Å². The zero-order valence-corrected chi connectivity index (χ0v) is 30.8. The van der Waals surface area contributed by atoms with E-state index in [1.165, 1.54) is 70.6 Å². The Morgan fingerprint density at radius 2 is 0.979 bits per heavy atom. The Morgan fingerprint density at radius 3 is 1.53 bits per heavy atom. The molecule has 0 radical (unpaired) electrons. The van der Waals surface area contributed by atoms with Gasteiger partial charge in [0.25, 0.3) is 0 Å². The molecule has 0 amide bonds. The summed E-state index contributed by atoms with van der Waals surface area (Å²) in [4.78, 5) is 42.6. The molecule has 0 fully saturated rings. The normalized spacial score (nSPS) is 12.9. The van der Waals surface area contributed by atoms with Crippen molar-refractivity contribution in [3.63, 3.8) is 0 Å². The highest BCUT2D eigenvalue weighted by molar-refractivity contribution is 7.46. The molecule has 0 aliphatic heterocycles. The first-order chi connectivity index (χ1) is 22.8. The molecular formula is C38H69O8P. The van der Waals surface area contributed by atoms with Gasteiger partial charge in [0, 0.05) is 12.8 Å². The lowest BCUT2D eigenvalue weighted by Gasteiger charge is -2.18. The van der Waals surface area contributed by atoms with Crippen LogP contribution in [0.15, 0.2) is 36.5 Å². The van der Waals surface area contributed by atoms with Gasteiger partial charge in [0.05, 0.1) is 6.61 Å². The average Bonchev–Trinajstić information content (AvgIpc) is 3.03. The van der Waals surface area contributed by atoms with Crippen molar-refractivity contribution in [2.75, 3.05) is 13.2 Å². The number of phosphoric ester groups is 1. The van der Waals surface area contributed by atoms with Crippen molar-refractivity contribution in [3.8, 4) is 0 Å². The number of esters is 2. The van der Waals surface area contributed by atoms with Crippen LogP contribution in [0, 0.1) is 0 Å². The number of unbranched alkanes of at least 4 members (excludes halogenated alkanes) is 18. The lowest BCUT2D eigenvalue weighted by molar-refractivity contribution is -0.161. The van der Waals surface area contributed by atoms with E-state index < -0.39 is 32.5 Å². The Kier molecular flexibility index (Phi) is 32.9. The highest BCUT2D eigenvalue weighted by Crippen LogP contribution is 2.36. The fourth-order valence-electron chi connectivity index (χ4n) is 5.03. The van der Waals surface area contributed by atoms with E-state index in [9.17, 15) is 14.2 Å². The van der Waals surface area contributed by atoms with Gasteiger partial charge in [0.2, 0.25) is 0 Å². The van der Waals surface area contributed by atoms with Gasteiger partial charge in [-0.1, -0.05) is 134 Å². The van der Waals surface area contributed by atoms with Crippen molar-refractivity contribution in [2.45, 2.75) is 180 Å². The van der Waals surface area contributed by atoms with Crippen LogP contribution in [0.2, 0.25) is 0 Å². The fourth-order valence-corrected chi connectivity index (χ4v) is 5.39. The molecule has 0 saturated heterocycles. The van der Waals surface area contributed by atoms with Crippen LogP contribution in [-0.4, -0.2) is 41.0 Å². The number of ether oxygens (including phenoxy) is 2. The van der Waals surface area contributed by atoms with Crippen LogP contribution in [0.4, 0.5) is 0 Å². The number of hydrogen-bond donors (Lipinski definition) is 2. The van der Waals surface area contributed by atoms with E-state index >= 15 is 0 Å². The molecule has 0 rings (SSSR count). The monoisotopic (exact) mass is 684 g/mol. The number of carbonyl (C=O) groups excluding carboxylic acids is 2. The number of carbonyl (C=O) groups is 2. The number of rotatable bonds is 34. The highest BCUT2D eigenvalue weighted by Gasteiger charge is 2.22. The topological polar surface area (TPSA) is 119 Å². The van der Waals surface area contributed by atoms with Crippen LogP contribution < -0.4 is 0 Å². The predicted octanol–water partition coefficient (Wildman–Crippen LogP) is 11.0. The van der Waals surface area contributed by atoms with Gasteiger partial charge >= 0.3 is 19.8 Å². The fraction of sp³-hybridized carbons (Fsp3) is 0.789. The van der Waals surface area contributed by atoms with Crippen molar-refractivity contribution in [1.29, 1.82) is 0 Å². The summed E-state index contributed by atoms with van der Waals surface area (Å²) in [6, 6.07) is 0. The second kappa shape index (κ2) is 34.1. The summed E-state index contributed by atoms with van der Waals surface area (Å²) in [5.74, 6) is -0.927. The molecule has 2 N–H and O–H groups in total. The summed E-state index contributed by atoms with van der Waals surface area (Å²) < 4.78 is 26.3. The molecule has 0 bridgehead atoms. The quantitative estimate of drug-likeness (QED) is 0.0297. The molecule has 0 aromatic heterocycles. The lowest BCUT2D eigenvalue weighted by Crippen LogP contribution is -2.29. The van der Waals surface area contributed by atoms with E-state index in [4.69, 9.17) is 19.3 Å². The van der Waals surface area contributed by atoms with Gasteiger partial charge in [-0.3, -0.25) is 14.1 Å². The molecule has 0 aromatic rings. The van der Waals surface area contributed by atoms with Gasteiger partial charge in [-0.25, -0.2) is 4.57 Å². The number of allylic oxidation sites excluding steroid dienone is 6. The molecule has 0 heterocycles. The van der Waals surface area contributed by atoms with Crippen LogP contribution in [0.3, 0.4) is 0 Å². The van der Waals surface area contributed by atoms with E-state index in [2.05, 4.69) is 54.8 Å². The van der Waals surface area contributed by atoms with Crippen molar-refractivity contribution < 1.29 is 37.9 Å². The predicted molar refractivity (Wildman–Crippen MR) is 193 cm³/mol. The van der Waals surface area contributed by atoms with E-state index in [0.717, 1.165) is 64.2 Å². The van der Waals surface area contributed by atoms with Gasteiger partial charge in [-0.05, 0) is 64.2 Å². The molecule has 274 valence electrons. The second-order valence-electron chi connectivity index (χ2n) is 12.5. The van der Waals surface area contributed by atoms with E-state index in [1.807, 2.05) is 0 Å². The van der Waals surface area contributed by atoms with Crippen LogP contribution in [0.25, 0.3) is 0 Å². The molecule has 0 spiro atoms. The van der Waals surface area contributed by atoms with E-state index in [0.29, 0.717) is 12.8 Å². The molecule has 1 atom stereocenters. The van der Waals surface area contributed by atoms with Crippen molar-refractivity contribution >= 4 is 19.8 Å². The maximum absolute atomic E-state index is 12.3. The zero-order valence-electron chi connectivity index (χ0n) is 29.9. The molecule has 0 aliphatic carbocycles. The Balaban J connectivity index is 4.02. The summed E-state index contributed by atoms with van der Waals surface area (Å²) in [5, 5.41) is 0. The van der Waals surface area contributed by atoms with Crippen molar-refractivity contribution in [2.24, 2.45) is 0 Å². The van der Waals surface area contributed by atoms with Crippen LogP contribution in [0.5, 0.6) is 0 Å². The molecule has 0 aliphatic rings. The molecule has 8 nitrogen and oxygen atoms in total. The minimum absolute atomic E-state index is 0.192. The summed E-state index contributed by atoms with van der Waals surface area (Å²) >= 11 is 0. The van der Waals surface area contributed by atoms with E-state index in [1.54, 1.807) is 0 Å². The summed E-state index contributed by atoms with van der Waals surface area (Å²) in [6.07, 6.45) is 38.7. The average molecular weight is 685 g/mol. The van der Waals surface area contributed by atoms with Gasteiger partial charge in [-0.15, -0.1) is 0 Å². The smallest absolute Gasteiger partial charge is 0.462 e. The molecular weight excluding hydrogens is 615 g/mol. The Morgan fingerprint density at radius 1 is 0.553 bits per heavy atom. The molecule has 0 saturated carbocycles. The zero-order chi connectivity index (χ0) is 34.7. The first kappa shape index (κ1) is 45.3. The Bertz CT molecular complexity index is 864. The maximum atomic E-state index is 12.3. The number of hydrogen-bond acceptors (Lipinski definition) is 6. The summed E-state index contributed by atoms with van der Waals surface area (Å²) in [6.45, 7) is 3.60. The molecule has 9 heteroatoms. The third kappa shape index (κ3) is 36.9. The summed E-state index contributed by atoms with van der Waals surface area (Å²) in [7, 11) is -4.76. The minimum Gasteiger partial charge on any atom is -0.462 e. The molecule has 0 unspecified atom stereocenters. The van der Waals surface area contributed by atoms with Gasteiger partial charge in [0.1, 0.15) is 6.61 Å². The van der Waals surface area contributed by atoms with Crippen molar-refractivity contribution in [3.05, 3.63) is 36.5 Å². The summed E-state index contributed by atoms with van der Waals surface area (Å²) in [5.41, 5.74) is 0. The maximum Gasteiger partial charge on any atom is 0.469 e. The lowest BCUT2D eigenvalue weighted by atomic mass is 10.1.